The highest BCUT2D eigenvalue weighted by atomic mass is 35.5. The van der Waals surface area contributed by atoms with E-state index in [1.165, 1.54) is 6.92 Å². The van der Waals surface area contributed by atoms with Crippen molar-refractivity contribution in [1.29, 1.82) is 0 Å². The van der Waals surface area contributed by atoms with Gasteiger partial charge in [-0.2, -0.15) is 0 Å². The average molecular weight is 221 g/mol. The zero-order valence-corrected chi connectivity index (χ0v) is 9.18. The molecule has 0 heterocycles. The predicted molar refractivity (Wildman–Crippen MR) is 51.8 cm³/mol. The van der Waals surface area contributed by atoms with Crippen LogP contribution in [0, 0.1) is 0 Å². The maximum Gasteiger partial charge on any atom is 0.350 e. The largest absolute Gasteiger partial charge is 0.463 e. The maximum absolute atomic E-state index is 11.1. The lowest BCUT2D eigenvalue weighted by Gasteiger charge is -2.04. The molecule has 4 nitrogen and oxygen atoms in total. The quantitative estimate of drug-likeness (QED) is 0.534. The molecule has 0 aromatic carbocycles. The normalized spacial score (nSPS) is 11.7. The second-order valence-electron chi connectivity index (χ2n) is 2.38. The minimum Gasteiger partial charge on any atom is -0.463 e. The molecule has 0 aliphatic rings. The van der Waals surface area contributed by atoms with Gasteiger partial charge in [-0.1, -0.05) is 11.6 Å². The molecule has 0 aliphatic carbocycles. The van der Waals surface area contributed by atoms with E-state index >= 15 is 0 Å². The molecule has 0 saturated heterocycles. The molecule has 14 heavy (non-hydrogen) atoms. The number of rotatable bonds is 4. The summed E-state index contributed by atoms with van der Waals surface area (Å²) in [6.45, 7) is 5.19. The van der Waals surface area contributed by atoms with E-state index < -0.39 is 11.9 Å². The number of esters is 2. The zero-order valence-electron chi connectivity index (χ0n) is 8.43. The van der Waals surface area contributed by atoms with Crippen LogP contribution >= 0.6 is 11.6 Å². The van der Waals surface area contributed by atoms with Crippen LogP contribution in [0.15, 0.2) is 10.6 Å². The Labute approximate surface area is 87.8 Å². The third kappa shape index (κ3) is 3.79. The van der Waals surface area contributed by atoms with E-state index in [1.54, 1.807) is 13.8 Å². The smallest absolute Gasteiger partial charge is 0.350 e. The van der Waals surface area contributed by atoms with Gasteiger partial charge in [0.05, 0.1) is 18.8 Å². The first-order valence-electron chi connectivity index (χ1n) is 4.25. The molecule has 0 bridgehead atoms. The third-order valence-electron chi connectivity index (χ3n) is 1.37. The monoisotopic (exact) mass is 220 g/mol. The number of halogens is 1. The summed E-state index contributed by atoms with van der Waals surface area (Å²) in [6, 6.07) is 0. The van der Waals surface area contributed by atoms with Gasteiger partial charge in [0, 0.05) is 0 Å². The Morgan fingerprint density at radius 2 is 1.50 bits per heavy atom. The van der Waals surface area contributed by atoms with Gasteiger partial charge in [0.25, 0.3) is 0 Å². The van der Waals surface area contributed by atoms with Crippen molar-refractivity contribution < 1.29 is 19.1 Å². The Hall–Kier alpha value is -1.03. The van der Waals surface area contributed by atoms with Crippen molar-refractivity contribution in [3.63, 3.8) is 0 Å². The van der Waals surface area contributed by atoms with Crippen molar-refractivity contribution in [3.05, 3.63) is 10.6 Å². The Morgan fingerprint density at radius 3 is 1.93 bits per heavy atom. The highest BCUT2D eigenvalue weighted by Gasteiger charge is 2.17. The lowest BCUT2D eigenvalue weighted by molar-refractivity contribution is -0.141. The van der Waals surface area contributed by atoms with Crippen molar-refractivity contribution in [3.8, 4) is 0 Å². The average Bonchev–Trinajstić information content (AvgIpc) is 2.16. The van der Waals surface area contributed by atoms with E-state index in [-0.39, 0.29) is 23.8 Å². The second-order valence-corrected chi connectivity index (χ2v) is 2.76. The Kier molecular flexibility index (Phi) is 5.95. The van der Waals surface area contributed by atoms with Crippen LogP contribution < -0.4 is 0 Å². The van der Waals surface area contributed by atoms with Crippen LogP contribution in [0.25, 0.3) is 0 Å². The fourth-order valence-corrected chi connectivity index (χ4v) is 0.808. The van der Waals surface area contributed by atoms with Crippen molar-refractivity contribution in [2.75, 3.05) is 13.2 Å². The highest BCUT2D eigenvalue weighted by molar-refractivity contribution is 6.43. The van der Waals surface area contributed by atoms with Crippen LogP contribution in [0.3, 0.4) is 0 Å². The molecular weight excluding hydrogens is 208 g/mol. The van der Waals surface area contributed by atoms with Crippen LogP contribution in [-0.4, -0.2) is 25.2 Å². The number of hydrogen-bond acceptors (Lipinski definition) is 4. The maximum atomic E-state index is 11.1. The Balaban J connectivity index is 4.57. The first-order chi connectivity index (χ1) is 6.54. The van der Waals surface area contributed by atoms with Gasteiger partial charge < -0.3 is 9.47 Å². The molecule has 0 spiro atoms. The molecule has 0 amide bonds. The molecule has 0 fully saturated rings. The van der Waals surface area contributed by atoms with E-state index in [0.717, 1.165) is 0 Å². The standard InChI is InChI=1S/C9H13ClO4/c1-4-13-8(11)6(3)7(10)9(12)14-5-2/h4-5H2,1-3H3/b7-6-. The van der Waals surface area contributed by atoms with Crippen LogP contribution in [0.5, 0.6) is 0 Å². The topological polar surface area (TPSA) is 52.6 Å². The van der Waals surface area contributed by atoms with Gasteiger partial charge in [-0.15, -0.1) is 0 Å². The number of carbonyl (C=O) groups excluding carboxylic acids is 2. The molecule has 0 aromatic rings. The number of hydrogen-bond donors (Lipinski definition) is 0. The fourth-order valence-electron chi connectivity index (χ4n) is 0.677. The predicted octanol–water partition coefficient (Wildman–Crippen LogP) is 1.63. The molecule has 0 radical (unpaired) electrons. The van der Waals surface area contributed by atoms with Gasteiger partial charge in [0.1, 0.15) is 5.03 Å². The lowest BCUT2D eigenvalue weighted by Crippen LogP contribution is -2.12. The molecule has 0 rings (SSSR count). The Bertz CT molecular complexity index is 232. The van der Waals surface area contributed by atoms with Gasteiger partial charge in [-0.3, -0.25) is 0 Å². The molecule has 80 valence electrons. The molecule has 0 atom stereocenters. The highest BCUT2D eigenvalue weighted by Crippen LogP contribution is 2.12. The van der Waals surface area contributed by atoms with Crippen molar-refractivity contribution >= 4 is 23.5 Å². The van der Waals surface area contributed by atoms with Gasteiger partial charge in [-0.05, 0) is 20.8 Å². The Morgan fingerprint density at radius 1 is 1.07 bits per heavy atom. The van der Waals surface area contributed by atoms with E-state index in [1.807, 2.05) is 0 Å². The molecule has 0 aromatic heterocycles. The van der Waals surface area contributed by atoms with Gasteiger partial charge in [-0.25, -0.2) is 9.59 Å². The lowest BCUT2D eigenvalue weighted by atomic mass is 10.3. The van der Waals surface area contributed by atoms with E-state index in [9.17, 15) is 9.59 Å². The molecule has 0 saturated carbocycles. The summed E-state index contributed by atoms with van der Waals surface area (Å²) >= 11 is 5.60. The van der Waals surface area contributed by atoms with Gasteiger partial charge >= 0.3 is 11.9 Å². The number of ether oxygens (including phenoxy) is 2. The third-order valence-corrected chi connectivity index (χ3v) is 1.80. The molecule has 0 unspecified atom stereocenters. The van der Waals surface area contributed by atoms with Crippen LogP contribution in [-0.2, 0) is 19.1 Å². The summed E-state index contributed by atoms with van der Waals surface area (Å²) in [5.74, 6) is -1.31. The molecule has 0 aliphatic heterocycles. The summed E-state index contributed by atoms with van der Waals surface area (Å²) < 4.78 is 9.28. The van der Waals surface area contributed by atoms with Gasteiger partial charge in [0.15, 0.2) is 0 Å². The summed E-state index contributed by atoms with van der Waals surface area (Å²) in [6.07, 6.45) is 0. The van der Waals surface area contributed by atoms with Crippen LogP contribution in [0.4, 0.5) is 0 Å². The minimum atomic E-state index is -0.709. The zero-order chi connectivity index (χ0) is 11.1. The van der Waals surface area contributed by atoms with Crippen LogP contribution in [0.2, 0.25) is 0 Å². The van der Waals surface area contributed by atoms with E-state index in [4.69, 9.17) is 11.6 Å². The first-order valence-corrected chi connectivity index (χ1v) is 4.63. The summed E-state index contributed by atoms with van der Waals surface area (Å²) in [7, 11) is 0. The summed E-state index contributed by atoms with van der Waals surface area (Å²) in [5, 5.41) is -0.231. The van der Waals surface area contributed by atoms with Gasteiger partial charge in [0.2, 0.25) is 0 Å². The van der Waals surface area contributed by atoms with E-state index in [0.29, 0.717) is 0 Å². The van der Waals surface area contributed by atoms with Crippen molar-refractivity contribution in [1.82, 2.24) is 0 Å². The molecule has 0 N–H and O–H groups in total. The summed E-state index contributed by atoms with van der Waals surface area (Å²) in [4.78, 5) is 22.2. The van der Waals surface area contributed by atoms with Crippen LogP contribution in [0.1, 0.15) is 20.8 Å². The van der Waals surface area contributed by atoms with Crippen molar-refractivity contribution in [2.45, 2.75) is 20.8 Å². The number of carbonyl (C=O) groups is 2. The first kappa shape index (κ1) is 13.0. The molecule has 5 heteroatoms. The van der Waals surface area contributed by atoms with Crippen molar-refractivity contribution in [2.24, 2.45) is 0 Å². The molecular formula is C9H13ClO4. The minimum absolute atomic E-state index is 0.0620. The fraction of sp³-hybridized carbons (Fsp3) is 0.556. The summed E-state index contributed by atoms with van der Waals surface area (Å²) in [5.41, 5.74) is 0.0620. The van der Waals surface area contributed by atoms with E-state index in [2.05, 4.69) is 9.47 Å². The second kappa shape index (κ2) is 6.43. The SMILES string of the molecule is CCOC(=O)/C(C)=C(\Cl)C(=O)OCC.